The molecule has 1 unspecified atom stereocenters. The zero-order valence-electron chi connectivity index (χ0n) is 11.4. The summed E-state index contributed by atoms with van der Waals surface area (Å²) >= 11 is 4.01. The minimum atomic E-state index is -0.646. The zero-order chi connectivity index (χ0) is 13.3. The van der Waals surface area contributed by atoms with E-state index in [1.54, 1.807) is 0 Å². The lowest BCUT2D eigenvalue weighted by Crippen LogP contribution is -2.51. The molecule has 19 heavy (non-hydrogen) atoms. The van der Waals surface area contributed by atoms with Crippen molar-refractivity contribution in [2.45, 2.75) is 48.4 Å². The van der Waals surface area contributed by atoms with Crippen molar-refractivity contribution >= 4 is 34.3 Å². The molecular weight excluding hydrogens is 292 g/mol. The Morgan fingerprint density at radius 3 is 2.58 bits per heavy atom. The largest absolute Gasteiger partial charge is 0.257 e. The average Bonchev–Trinajstić information content (AvgIpc) is 3.20. The Balaban J connectivity index is 1.58. The fourth-order valence-electron chi connectivity index (χ4n) is 3.15. The Hall–Kier alpha value is 0.410. The number of hydrogen-bond donors (Lipinski definition) is 0. The van der Waals surface area contributed by atoms with Crippen molar-refractivity contribution in [2.24, 2.45) is 11.3 Å². The van der Waals surface area contributed by atoms with E-state index in [4.69, 9.17) is 6.42 Å². The Bertz CT molecular complexity index is 400. The van der Waals surface area contributed by atoms with Crippen LogP contribution in [0, 0.1) is 23.7 Å². The second-order valence-corrected chi connectivity index (χ2v) is 11.3. The van der Waals surface area contributed by atoms with Gasteiger partial charge in [0.2, 0.25) is 0 Å². The van der Waals surface area contributed by atoms with E-state index in [0.717, 1.165) is 37.4 Å². The molecule has 4 rings (SSSR count). The monoisotopic (exact) mass is 314 g/mol. The van der Waals surface area contributed by atoms with Gasteiger partial charge in [-0.3, -0.25) is 4.21 Å². The molecule has 4 heteroatoms. The fourth-order valence-corrected chi connectivity index (χ4v) is 9.73. The molecule has 1 saturated carbocycles. The SMILES string of the molecule is C#CCCCCC12SCC(CC3CC3)(CS1)CS2=O. The lowest BCUT2D eigenvalue weighted by atomic mass is 9.88. The Morgan fingerprint density at radius 2 is 2.00 bits per heavy atom. The van der Waals surface area contributed by atoms with E-state index in [0.29, 0.717) is 5.41 Å². The summed E-state index contributed by atoms with van der Waals surface area (Å²) in [5.74, 6) is 7.13. The molecule has 0 aromatic heterocycles. The second kappa shape index (κ2) is 5.66. The van der Waals surface area contributed by atoms with Crippen molar-refractivity contribution in [2.75, 3.05) is 17.3 Å². The van der Waals surface area contributed by atoms with Gasteiger partial charge in [0.25, 0.3) is 0 Å². The molecule has 106 valence electrons. The molecule has 1 nitrogen and oxygen atoms in total. The summed E-state index contributed by atoms with van der Waals surface area (Å²) in [5, 5.41) is 0. The first-order valence-electron chi connectivity index (χ1n) is 7.28. The van der Waals surface area contributed by atoms with Crippen molar-refractivity contribution in [3.63, 3.8) is 0 Å². The van der Waals surface area contributed by atoms with Crippen LogP contribution in [0.1, 0.15) is 44.9 Å². The van der Waals surface area contributed by atoms with Gasteiger partial charge in [0.05, 0.1) is 0 Å². The number of hydrogen-bond acceptors (Lipinski definition) is 3. The summed E-state index contributed by atoms with van der Waals surface area (Å²) in [4.78, 5) is 0. The van der Waals surface area contributed by atoms with Crippen LogP contribution in [-0.2, 0) is 10.8 Å². The predicted octanol–water partition coefficient (Wildman–Crippen LogP) is 3.86. The van der Waals surface area contributed by atoms with Crippen LogP contribution in [0.4, 0.5) is 0 Å². The molecule has 0 spiro atoms. The molecule has 4 aliphatic rings. The first-order chi connectivity index (χ1) is 9.18. The number of fused-ring (bicyclic) bond motifs is 3. The molecule has 3 saturated heterocycles. The van der Waals surface area contributed by atoms with Crippen molar-refractivity contribution < 1.29 is 4.21 Å². The van der Waals surface area contributed by atoms with Crippen molar-refractivity contribution in [1.82, 2.24) is 0 Å². The number of thioether (sulfide) groups is 2. The summed E-state index contributed by atoms with van der Waals surface area (Å²) in [6.07, 6.45) is 13.6. The molecule has 3 heterocycles. The Morgan fingerprint density at radius 1 is 1.26 bits per heavy atom. The van der Waals surface area contributed by atoms with E-state index >= 15 is 0 Å². The average molecular weight is 315 g/mol. The van der Waals surface area contributed by atoms with Crippen LogP contribution >= 0.6 is 23.5 Å². The van der Waals surface area contributed by atoms with E-state index in [-0.39, 0.29) is 3.41 Å². The smallest absolute Gasteiger partial charge is 0.136 e. The molecule has 2 bridgehead atoms. The maximum Gasteiger partial charge on any atom is 0.136 e. The van der Waals surface area contributed by atoms with E-state index in [1.807, 2.05) is 23.5 Å². The van der Waals surface area contributed by atoms with E-state index in [2.05, 4.69) is 5.92 Å². The van der Waals surface area contributed by atoms with Crippen LogP contribution < -0.4 is 0 Å². The molecule has 0 aromatic rings. The summed E-state index contributed by atoms with van der Waals surface area (Å²) in [5.41, 5.74) is 0.405. The molecule has 1 atom stereocenters. The minimum absolute atomic E-state index is 0.0138. The lowest BCUT2D eigenvalue weighted by molar-refractivity contribution is 0.366. The Kier molecular flexibility index (Phi) is 4.27. The number of unbranched alkanes of at least 4 members (excludes halogenated alkanes) is 2. The van der Waals surface area contributed by atoms with E-state index in [9.17, 15) is 4.21 Å². The van der Waals surface area contributed by atoms with Gasteiger partial charge in [-0.2, -0.15) is 0 Å². The number of terminal acetylenes is 1. The first kappa shape index (κ1) is 14.4. The maximum absolute atomic E-state index is 12.7. The van der Waals surface area contributed by atoms with Gasteiger partial charge >= 0.3 is 0 Å². The Labute approximate surface area is 127 Å². The van der Waals surface area contributed by atoms with Gasteiger partial charge in [0.1, 0.15) is 3.41 Å². The molecule has 0 aromatic carbocycles. The first-order valence-corrected chi connectivity index (χ1v) is 10.6. The number of rotatable bonds is 6. The van der Waals surface area contributed by atoms with Crippen LogP contribution in [0.15, 0.2) is 0 Å². The van der Waals surface area contributed by atoms with Gasteiger partial charge in [-0.1, -0.05) is 12.8 Å². The van der Waals surface area contributed by atoms with Crippen LogP contribution in [-0.4, -0.2) is 24.9 Å². The lowest BCUT2D eigenvalue weighted by Gasteiger charge is -2.51. The summed E-state index contributed by atoms with van der Waals surface area (Å²) in [6.45, 7) is 0. The van der Waals surface area contributed by atoms with Crippen LogP contribution in [0.5, 0.6) is 0 Å². The molecule has 0 radical (unpaired) electrons. The van der Waals surface area contributed by atoms with E-state index < -0.39 is 10.8 Å². The summed E-state index contributed by atoms with van der Waals surface area (Å²) in [7, 11) is -0.646. The highest BCUT2D eigenvalue weighted by Crippen LogP contribution is 2.61. The fraction of sp³-hybridized carbons (Fsp3) is 0.867. The molecule has 4 fully saturated rings. The zero-order valence-corrected chi connectivity index (χ0v) is 13.8. The second-order valence-electron chi connectivity index (χ2n) is 6.31. The standard InChI is InChI=1S/C15H22OS3/c1-2-3-4-5-8-15-17-10-14(11-18-15,12-19(15)16)9-13-6-7-13/h1,13H,3-12H2. The maximum atomic E-state index is 12.7. The summed E-state index contributed by atoms with van der Waals surface area (Å²) < 4.78 is 12.7. The van der Waals surface area contributed by atoms with Crippen LogP contribution in [0.25, 0.3) is 0 Å². The van der Waals surface area contributed by atoms with Gasteiger partial charge in [0.15, 0.2) is 0 Å². The van der Waals surface area contributed by atoms with Gasteiger partial charge in [-0.05, 0) is 31.6 Å². The van der Waals surface area contributed by atoms with Gasteiger partial charge in [-0.25, -0.2) is 0 Å². The molecule has 1 aliphatic carbocycles. The molecule has 0 amide bonds. The third-order valence-electron chi connectivity index (χ3n) is 4.45. The third-order valence-corrected chi connectivity index (χ3v) is 11.6. The van der Waals surface area contributed by atoms with Gasteiger partial charge in [0, 0.05) is 39.9 Å². The van der Waals surface area contributed by atoms with Gasteiger partial charge < -0.3 is 0 Å². The highest BCUT2D eigenvalue weighted by Gasteiger charge is 2.55. The van der Waals surface area contributed by atoms with E-state index in [1.165, 1.54) is 30.8 Å². The van der Waals surface area contributed by atoms with Crippen molar-refractivity contribution in [1.29, 1.82) is 0 Å². The highest BCUT2D eigenvalue weighted by molar-refractivity contribution is 8.31. The summed E-state index contributed by atoms with van der Waals surface area (Å²) in [6, 6.07) is 0. The highest BCUT2D eigenvalue weighted by atomic mass is 32.3. The van der Waals surface area contributed by atoms with Crippen LogP contribution in [0.2, 0.25) is 0 Å². The molecule has 3 aliphatic heterocycles. The molecule has 0 N–H and O–H groups in total. The van der Waals surface area contributed by atoms with Gasteiger partial charge in [-0.15, -0.1) is 35.9 Å². The minimum Gasteiger partial charge on any atom is -0.257 e. The van der Waals surface area contributed by atoms with Crippen molar-refractivity contribution in [3.8, 4) is 12.3 Å². The van der Waals surface area contributed by atoms with Crippen molar-refractivity contribution in [3.05, 3.63) is 0 Å². The predicted molar refractivity (Wildman–Crippen MR) is 87.7 cm³/mol. The van der Waals surface area contributed by atoms with Crippen LogP contribution in [0.3, 0.4) is 0 Å². The molecular formula is C15H22OS3. The third kappa shape index (κ3) is 3.04. The normalized spacial score (nSPS) is 41.1. The quantitative estimate of drug-likeness (QED) is 0.547. The topological polar surface area (TPSA) is 17.1 Å².